The van der Waals surface area contributed by atoms with Gasteiger partial charge in [0.1, 0.15) is 0 Å². The maximum absolute atomic E-state index is 10.7. The molecular formula is C7H13BrN2O2. The fraction of sp³-hybridized carbons (Fsp3) is 0.714. The van der Waals surface area contributed by atoms with Gasteiger partial charge in [0.2, 0.25) is 11.8 Å². The number of unbranched alkanes of at least 4 members (excludes halogenated alkanes) is 1. The maximum Gasteiger partial charge on any atom is 0.230 e. The Labute approximate surface area is 80.0 Å². The highest BCUT2D eigenvalue weighted by Crippen LogP contribution is 1.92. The van der Waals surface area contributed by atoms with Crippen molar-refractivity contribution in [3.8, 4) is 0 Å². The summed E-state index contributed by atoms with van der Waals surface area (Å²) in [7, 11) is 0. The summed E-state index contributed by atoms with van der Waals surface area (Å²) < 4.78 is 0. The smallest absolute Gasteiger partial charge is 0.230 e. The Bertz CT molecular complexity index is 161. The highest BCUT2D eigenvalue weighted by Gasteiger charge is 1.97. The van der Waals surface area contributed by atoms with Gasteiger partial charge in [-0.25, -0.2) is 0 Å². The molecule has 0 saturated heterocycles. The van der Waals surface area contributed by atoms with E-state index in [0.717, 1.165) is 12.8 Å². The molecule has 0 heterocycles. The Morgan fingerprint density at radius 2 is 2.00 bits per heavy atom. The summed E-state index contributed by atoms with van der Waals surface area (Å²) in [6.45, 7) is 0.609. The second kappa shape index (κ2) is 7.09. The van der Waals surface area contributed by atoms with Crippen LogP contribution in [0.2, 0.25) is 0 Å². The SMILES string of the molecule is NC(=O)CCCCNC(=O)CBr. The molecule has 0 aliphatic carbocycles. The van der Waals surface area contributed by atoms with Crippen molar-refractivity contribution >= 4 is 27.7 Å². The average Bonchev–Trinajstić information content (AvgIpc) is 2.03. The van der Waals surface area contributed by atoms with Crippen LogP contribution < -0.4 is 11.1 Å². The van der Waals surface area contributed by atoms with E-state index in [1.807, 2.05) is 0 Å². The minimum atomic E-state index is -0.290. The first kappa shape index (κ1) is 11.4. The normalized spacial score (nSPS) is 9.42. The third kappa shape index (κ3) is 7.53. The fourth-order valence-corrected chi connectivity index (χ4v) is 0.898. The number of nitrogens with two attached hydrogens (primary N) is 1. The van der Waals surface area contributed by atoms with Crippen molar-refractivity contribution in [2.75, 3.05) is 11.9 Å². The number of hydrogen-bond donors (Lipinski definition) is 2. The van der Waals surface area contributed by atoms with Gasteiger partial charge in [0, 0.05) is 13.0 Å². The van der Waals surface area contributed by atoms with Crippen LogP contribution >= 0.6 is 15.9 Å². The molecule has 4 nitrogen and oxygen atoms in total. The Morgan fingerprint density at radius 3 is 2.50 bits per heavy atom. The van der Waals surface area contributed by atoms with E-state index in [1.165, 1.54) is 0 Å². The molecule has 70 valence electrons. The van der Waals surface area contributed by atoms with Crippen molar-refractivity contribution in [1.29, 1.82) is 0 Å². The van der Waals surface area contributed by atoms with Crippen LogP contribution in [0, 0.1) is 0 Å². The lowest BCUT2D eigenvalue weighted by atomic mass is 10.2. The number of alkyl halides is 1. The molecule has 0 aromatic heterocycles. The van der Waals surface area contributed by atoms with Crippen molar-refractivity contribution in [1.82, 2.24) is 5.32 Å². The Kier molecular flexibility index (Phi) is 6.75. The highest BCUT2D eigenvalue weighted by molar-refractivity contribution is 9.09. The molecule has 0 aromatic carbocycles. The van der Waals surface area contributed by atoms with Gasteiger partial charge in [0.05, 0.1) is 5.33 Å². The number of primary amides is 1. The van der Waals surface area contributed by atoms with E-state index >= 15 is 0 Å². The molecule has 0 aliphatic rings. The van der Waals surface area contributed by atoms with Crippen LogP contribution in [0.5, 0.6) is 0 Å². The van der Waals surface area contributed by atoms with E-state index in [4.69, 9.17) is 5.73 Å². The van der Waals surface area contributed by atoms with E-state index in [9.17, 15) is 9.59 Å². The quantitative estimate of drug-likeness (QED) is 0.510. The molecule has 0 saturated carbocycles. The van der Waals surface area contributed by atoms with Gasteiger partial charge in [0.15, 0.2) is 0 Å². The Balaban J connectivity index is 3.11. The predicted octanol–water partition coefficient (Wildman–Crippen LogP) is 0.153. The van der Waals surface area contributed by atoms with Gasteiger partial charge >= 0.3 is 0 Å². The summed E-state index contributed by atoms with van der Waals surface area (Å²) in [5, 5.41) is 2.99. The van der Waals surface area contributed by atoms with E-state index < -0.39 is 0 Å². The Morgan fingerprint density at radius 1 is 1.33 bits per heavy atom. The molecular weight excluding hydrogens is 224 g/mol. The van der Waals surface area contributed by atoms with Crippen LogP contribution in [0.25, 0.3) is 0 Å². The van der Waals surface area contributed by atoms with Crippen molar-refractivity contribution in [2.45, 2.75) is 19.3 Å². The molecule has 0 radical (unpaired) electrons. The first-order chi connectivity index (χ1) is 5.66. The monoisotopic (exact) mass is 236 g/mol. The lowest BCUT2D eigenvalue weighted by molar-refractivity contribution is -0.118. The molecule has 0 spiro atoms. The molecule has 12 heavy (non-hydrogen) atoms. The predicted molar refractivity (Wildman–Crippen MR) is 49.8 cm³/mol. The first-order valence-electron chi connectivity index (χ1n) is 3.77. The molecule has 3 N–H and O–H groups in total. The van der Waals surface area contributed by atoms with Gasteiger partial charge < -0.3 is 11.1 Å². The third-order valence-corrected chi connectivity index (χ3v) is 1.80. The number of hydrogen-bond acceptors (Lipinski definition) is 2. The summed E-state index contributed by atoms with van der Waals surface area (Å²) in [5.74, 6) is -0.323. The number of amides is 2. The van der Waals surface area contributed by atoms with Gasteiger partial charge in [-0.2, -0.15) is 0 Å². The van der Waals surface area contributed by atoms with Crippen LogP contribution in [0.1, 0.15) is 19.3 Å². The van der Waals surface area contributed by atoms with E-state index in [0.29, 0.717) is 18.3 Å². The molecule has 0 fully saturated rings. The van der Waals surface area contributed by atoms with E-state index in [2.05, 4.69) is 21.2 Å². The second-order valence-corrected chi connectivity index (χ2v) is 2.97. The summed E-state index contributed by atoms with van der Waals surface area (Å²) in [6, 6.07) is 0. The van der Waals surface area contributed by atoms with E-state index in [-0.39, 0.29) is 11.8 Å². The minimum Gasteiger partial charge on any atom is -0.370 e. The van der Waals surface area contributed by atoms with Crippen LogP contribution in [-0.4, -0.2) is 23.7 Å². The van der Waals surface area contributed by atoms with Crippen LogP contribution in [0.3, 0.4) is 0 Å². The van der Waals surface area contributed by atoms with Crippen molar-refractivity contribution < 1.29 is 9.59 Å². The lowest BCUT2D eigenvalue weighted by Gasteiger charge is -2.00. The molecule has 2 amide bonds. The zero-order valence-electron chi connectivity index (χ0n) is 6.81. The number of halogens is 1. The molecule has 0 bridgehead atoms. The number of carbonyl (C=O) groups excluding carboxylic acids is 2. The lowest BCUT2D eigenvalue weighted by Crippen LogP contribution is -2.25. The van der Waals surface area contributed by atoms with Gasteiger partial charge in [-0.1, -0.05) is 15.9 Å². The minimum absolute atomic E-state index is 0.0333. The third-order valence-electron chi connectivity index (χ3n) is 1.29. The summed E-state index contributed by atoms with van der Waals surface area (Å²) in [6.07, 6.45) is 1.92. The zero-order valence-corrected chi connectivity index (χ0v) is 8.39. The summed E-state index contributed by atoms with van der Waals surface area (Å²) >= 11 is 3.02. The van der Waals surface area contributed by atoms with Crippen LogP contribution in [-0.2, 0) is 9.59 Å². The topological polar surface area (TPSA) is 72.2 Å². The number of nitrogens with one attached hydrogen (secondary N) is 1. The number of carbonyl (C=O) groups is 2. The summed E-state index contributed by atoms with van der Waals surface area (Å²) in [4.78, 5) is 20.9. The largest absolute Gasteiger partial charge is 0.370 e. The van der Waals surface area contributed by atoms with Gasteiger partial charge in [-0.3, -0.25) is 9.59 Å². The van der Waals surface area contributed by atoms with Gasteiger partial charge in [-0.05, 0) is 12.8 Å². The Hall–Kier alpha value is -0.580. The molecule has 0 atom stereocenters. The zero-order chi connectivity index (χ0) is 9.40. The second-order valence-electron chi connectivity index (χ2n) is 2.41. The first-order valence-corrected chi connectivity index (χ1v) is 4.90. The maximum atomic E-state index is 10.7. The summed E-state index contributed by atoms with van der Waals surface area (Å²) in [5.41, 5.74) is 4.93. The molecule has 5 heteroatoms. The number of rotatable bonds is 6. The molecule has 0 rings (SSSR count). The van der Waals surface area contributed by atoms with Crippen molar-refractivity contribution in [2.24, 2.45) is 5.73 Å². The molecule has 0 unspecified atom stereocenters. The van der Waals surface area contributed by atoms with Crippen molar-refractivity contribution in [3.05, 3.63) is 0 Å². The molecule has 0 aromatic rings. The average molecular weight is 237 g/mol. The van der Waals surface area contributed by atoms with Gasteiger partial charge in [0.25, 0.3) is 0 Å². The van der Waals surface area contributed by atoms with Crippen molar-refractivity contribution in [3.63, 3.8) is 0 Å². The van der Waals surface area contributed by atoms with E-state index in [1.54, 1.807) is 0 Å². The standard InChI is InChI=1S/C7H13BrN2O2/c8-5-7(12)10-4-2-1-3-6(9)11/h1-5H2,(H2,9,11)(H,10,12). The molecule has 0 aliphatic heterocycles. The van der Waals surface area contributed by atoms with Gasteiger partial charge in [-0.15, -0.1) is 0 Å². The fourth-order valence-electron chi connectivity index (χ4n) is 0.699. The van der Waals surface area contributed by atoms with Crippen LogP contribution in [0.4, 0.5) is 0 Å². The highest BCUT2D eigenvalue weighted by atomic mass is 79.9. The van der Waals surface area contributed by atoms with Crippen LogP contribution in [0.15, 0.2) is 0 Å².